The lowest BCUT2D eigenvalue weighted by Crippen LogP contribution is -2.31. The van der Waals surface area contributed by atoms with Crippen LogP contribution < -0.4 is 10.1 Å². The first kappa shape index (κ1) is 13.9. The molecule has 0 aromatic carbocycles. The molecule has 0 spiro atoms. The van der Waals surface area contributed by atoms with Gasteiger partial charge in [-0.2, -0.15) is 0 Å². The predicted molar refractivity (Wildman–Crippen MR) is 70.3 cm³/mol. The number of aromatic nitrogens is 1. The molecule has 1 rings (SSSR count). The van der Waals surface area contributed by atoms with Gasteiger partial charge in [0.1, 0.15) is 0 Å². The molecule has 4 nitrogen and oxygen atoms in total. The van der Waals surface area contributed by atoms with E-state index in [2.05, 4.69) is 28.2 Å². The van der Waals surface area contributed by atoms with Gasteiger partial charge in [-0.15, -0.1) is 0 Å². The fraction of sp³-hybridized carbons (Fsp3) is 0.615. The fourth-order valence-corrected chi connectivity index (χ4v) is 1.83. The number of nitrogens with zero attached hydrogens (tertiary/aromatic N) is 2. The lowest BCUT2D eigenvalue weighted by atomic mass is 10.2. The summed E-state index contributed by atoms with van der Waals surface area (Å²) >= 11 is 0. The van der Waals surface area contributed by atoms with E-state index in [4.69, 9.17) is 4.74 Å². The summed E-state index contributed by atoms with van der Waals surface area (Å²) in [5.74, 6) is 0.734. The highest BCUT2D eigenvalue weighted by Gasteiger charge is 2.09. The summed E-state index contributed by atoms with van der Waals surface area (Å²) < 4.78 is 5.28. The van der Waals surface area contributed by atoms with Crippen LogP contribution >= 0.6 is 0 Å². The third-order valence-electron chi connectivity index (χ3n) is 2.66. The van der Waals surface area contributed by atoms with Gasteiger partial charge in [-0.3, -0.25) is 4.90 Å². The third kappa shape index (κ3) is 4.71. The molecule has 4 heteroatoms. The molecule has 1 N–H and O–H groups in total. The van der Waals surface area contributed by atoms with Crippen molar-refractivity contribution < 1.29 is 4.74 Å². The van der Waals surface area contributed by atoms with Crippen molar-refractivity contribution >= 4 is 0 Å². The molecule has 0 aliphatic rings. The minimum Gasteiger partial charge on any atom is -0.481 e. The molecule has 0 saturated heterocycles. The Bertz CT molecular complexity index is 317. The van der Waals surface area contributed by atoms with Gasteiger partial charge < -0.3 is 10.1 Å². The molecule has 0 amide bonds. The lowest BCUT2D eigenvalue weighted by Gasteiger charge is -2.22. The van der Waals surface area contributed by atoms with Crippen molar-refractivity contribution in [2.45, 2.75) is 19.9 Å². The van der Waals surface area contributed by atoms with Crippen molar-refractivity contribution in [2.75, 3.05) is 33.8 Å². The zero-order chi connectivity index (χ0) is 12.5. The molecule has 0 aliphatic carbocycles. The van der Waals surface area contributed by atoms with Crippen LogP contribution in [-0.2, 0) is 6.54 Å². The highest BCUT2D eigenvalue weighted by Crippen LogP contribution is 2.15. The summed E-state index contributed by atoms with van der Waals surface area (Å²) in [6, 6.07) is 4.04. The molecule has 0 unspecified atom stereocenters. The minimum atomic E-state index is 0.734. The number of likely N-dealkylation sites (N-methyl/N-ethyl adjacent to an activating group) is 1. The van der Waals surface area contributed by atoms with E-state index < -0.39 is 0 Å². The van der Waals surface area contributed by atoms with E-state index in [9.17, 15) is 0 Å². The molecule has 0 aliphatic heterocycles. The second-order valence-corrected chi connectivity index (χ2v) is 4.05. The van der Waals surface area contributed by atoms with Gasteiger partial charge in [0.25, 0.3) is 0 Å². The Morgan fingerprint density at radius 2 is 2.24 bits per heavy atom. The molecule has 1 heterocycles. The van der Waals surface area contributed by atoms with Crippen molar-refractivity contribution in [2.24, 2.45) is 0 Å². The maximum Gasteiger partial charge on any atom is 0.217 e. The van der Waals surface area contributed by atoms with Crippen molar-refractivity contribution in [3.8, 4) is 5.88 Å². The summed E-state index contributed by atoms with van der Waals surface area (Å²) in [7, 11) is 3.65. The van der Waals surface area contributed by atoms with E-state index in [1.54, 1.807) is 13.3 Å². The number of ether oxygens (including phenoxy) is 1. The predicted octanol–water partition coefficient (Wildman–Crippen LogP) is 1.52. The second-order valence-electron chi connectivity index (χ2n) is 4.05. The Kier molecular flexibility index (Phi) is 6.58. The van der Waals surface area contributed by atoms with Gasteiger partial charge in [-0.25, -0.2) is 4.98 Å². The van der Waals surface area contributed by atoms with Crippen LogP contribution in [0.1, 0.15) is 18.9 Å². The monoisotopic (exact) mass is 237 g/mol. The van der Waals surface area contributed by atoms with Gasteiger partial charge in [-0.05, 0) is 26.1 Å². The van der Waals surface area contributed by atoms with Crippen LogP contribution in [0.15, 0.2) is 18.3 Å². The van der Waals surface area contributed by atoms with Gasteiger partial charge in [0.15, 0.2) is 0 Å². The number of pyridine rings is 1. The van der Waals surface area contributed by atoms with E-state index in [-0.39, 0.29) is 0 Å². The van der Waals surface area contributed by atoms with Crippen molar-refractivity contribution in [3.05, 3.63) is 23.9 Å². The van der Waals surface area contributed by atoms with E-state index in [0.717, 1.165) is 44.0 Å². The molecule has 0 fully saturated rings. The van der Waals surface area contributed by atoms with Gasteiger partial charge in [0, 0.05) is 31.4 Å². The Morgan fingerprint density at radius 1 is 1.41 bits per heavy atom. The average Bonchev–Trinajstić information content (AvgIpc) is 2.37. The Morgan fingerprint density at radius 3 is 2.88 bits per heavy atom. The van der Waals surface area contributed by atoms with E-state index in [0.29, 0.717) is 0 Å². The highest BCUT2D eigenvalue weighted by atomic mass is 16.5. The summed E-state index contributed by atoms with van der Waals surface area (Å²) in [4.78, 5) is 6.64. The summed E-state index contributed by atoms with van der Waals surface area (Å²) in [5, 5.41) is 3.18. The smallest absolute Gasteiger partial charge is 0.217 e. The summed E-state index contributed by atoms with van der Waals surface area (Å²) in [5.41, 5.74) is 1.15. The molecular weight excluding hydrogens is 214 g/mol. The van der Waals surface area contributed by atoms with E-state index >= 15 is 0 Å². The number of hydrogen-bond acceptors (Lipinski definition) is 4. The second kappa shape index (κ2) is 8.03. The summed E-state index contributed by atoms with van der Waals surface area (Å²) in [6.07, 6.45) is 2.92. The molecule has 0 atom stereocenters. The number of methoxy groups -OCH3 is 1. The largest absolute Gasteiger partial charge is 0.481 e. The zero-order valence-electron chi connectivity index (χ0n) is 11.1. The number of rotatable bonds is 8. The van der Waals surface area contributed by atoms with Crippen LogP contribution in [0.3, 0.4) is 0 Å². The topological polar surface area (TPSA) is 37.4 Å². The SMILES string of the molecule is CCCN(CCNC)Cc1cccnc1OC. The van der Waals surface area contributed by atoms with Crippen LogP contribution in [0.4, 0.5) is 0 Å². The summed E-state index contributed by atoms with van der Waals surface area (Å²) in [6.45, 7) is 6.24. The van der Waals surface area contributed by atoms with Gasteiger partial charge >= 0.3 is 0 Å². The van der Waals surface area contributed by atoms with Crippen LogP contribution in [0.2, 0.25) is 0 Å². The highest BCUT2D eigenvalue weighted by molar-refractivity contribution is 5.25. The third-order valence-corrected chi connectivity index (χ3v) is 2.66. The number of hydrogen-bond donors (Lipinski definition) is 1. The first-order valence-electron chi connectivity index (χ1n) is 6.16. The van der Waals surface area contributed by atoms with Crippen LogP contribution in [0.25, 0.3) is 0 Å². The van der Waals surface area contributed by atoms with Crippen molar-refractivity contribution in [1.29, 1.82) is 0 Å². The number of nitrogens with one attached hydrogen (secondary N) is 1. The lowest BCUT2D eigenvalue weighted by molar-refractivity contribution is 0.262. The maximum absolute atomic E-state index is 5.28. The van der Waals surface area contributed by atoms with E-state index in [1.807, 2.05) is 13.1 Å². The Hall–Kier alpha value is -1.13. The van der Waals surface area contributed by atoms with Crippen LogP contribution in [-0.4, -0.2) is 43.7 Å². The maximum atomic E-state index is 5.28. The standard InChI is InChI=1S/C13H23N3O/c1-4-9-16(10-8-14-2)11-12-6-5-7-15-13(12)17-3/h5-7,14H,4,8-11H2,1-3H3. The molecule has 1 aromatic heterocycles. The minimum absolute atomic E-state index is 0.734. The normalized spacial score (nSPS) is 10.8. The molecule has 0 bridgehead atoms. The first-order chi connectivity index (χ1) is 8.31. The quantitative estimate of drug-likeness (QED) is 0.744. The van der Waals surface area contributed by atoms with Crippen molar-refractivity contribution in [1.82, 2.24) is 15.2 Å². The van der Waals surface area contributed by atoms with Gasteiger partial charge in [-0.1, -0.05) is 13.0 Å². The van der Waals surface area contributed by atoms with Gasteiger partial charge in [0.05, 0.1) is 7.11 Å². The van der Waals surface area contributed by atoms with Crippen LogP contribution in [0.5, 0.6) is 5.88 Å². The average molecular weight is 237 g/mol. The molecule has 0 radical (unpaired) electrons. The molecule has 0 saturated carbocycles. The first-order valence-corrected chi connectivity index (χ1v) is 6.16. The van der Waals surface area contributed by atoms with E-state index in [1.165, 1.54) is 0 Å². The Labute approximate surface area is 104 Å². The molecule has 17 heavy (non-hydrogen) atoms. The van der Waals surface area contributed by atoms with Gasteiger partial charge in [0.2, 0.25) is 5.88 Å². The Balaban J connectivity index is 2.63. The molecular formula is C13H23N3O. The van der Waals surface area contributed by atoms with Crippen molar-refractivity contribution in [3.63, 3.8) is 0 Å². The molecule has 1 aromatic rings. The van der Waals surface area contributed by atoms with Crippen LogP contribution in [0, 0.1) is 0 Å². The zero-order valence-corrected chi connectivity index (χ0v) is 11.1. The molecule has 96 valence electrons. The fourth-order valence-electron chi connectivity index (χ4n) is 1.83.